The molecule has 0 aromatic heterocycles. The van der Waals surface area contributed by atoms with E-state index in [1.807, 2.05) is 4.90 Å². The molecule has 1 atom stereocenters. The van der Waals surface area contributed by atoms with Gasteiger partial charge in [0.25, 0.3) is 0 Å². The molecule has 3 nitrogen and oxygen atoms in total. The molecule has 0 saturated carbocycles. The van der Waals surface area contributed by atoms with Gasteiger partial charge in [0, 0.05) is 13.1 Å². The molecule has 1 unspecified atom stereocenters. The van der Waals surface area contributed by atoms with Crippen molar-refractivity contribution in [3.8, 4) is 0 Å². The van der Waals surface area contributed by atoms with Crippen molar-refractivity contribution >= 4 is 5.91 Å². The van der Waals surface area contributed by atoms with Gasteiger partial charge in [-0.15, -0.1) is 0 Å². The van der Waals surface area contributed by atoms with E-state index in [9.17, 15) is 4.79 Å². The Balaban J connectivity index is 1.92. The minimum atomic E-state index is 0.174. The van der Waals surface area contributed by atoms with Crippen LogP contribution in [0, 0.1) is 6.42 Å². The second kappa shape index (κ2) is 4.30. The summed E-state index contributed by atoms with van der Waals surface area (Å²) in [5.74, 6) is 0.359. The third kappa shape index (κ3) is 1.92. The second-order valence-corrected chi connectivity index (χ2v) is 4.33. The quantitative estimate of drug-likeness (QED) is 0.621. The van der Waals surface area contributed by atoms with Crippen LogP contribution in [0.3, 0.4) is 0 Å². The number of likely N-dealkylation sites (tertiary alicyclic amines) is 2. The summed E-state index contributed by atoms with van der Waals surface area (Å²) in [5.41, 5.74) is 0. The normalized spacial score (nSPS) is 29.5. The van der Waals surface area contributed by atoms with Gasteiger partial charge in [-0.1, -0.05) is 0 Å². The Bertz CT molecular complexity index is 211. The molecular formula is C11H19N2O. The summed E-state index contributed by atoms with van der Waals surface area (Å²) >= 11 is 0. The highest BCUT2D eigenvalue weighted by Crippen LogP contribution is 2.19. The van der Waals surface area contributed by atoms with E-state index < -0.39 is 0 Å². The first-order valence-corrected chi connectivity index (χ1v) is 5.60. The largest absolute Gasteiger partial charge is 0.341 e. The van der Waals surface area contributed by atoms with Gasteiger partial charge in [0.2, 0.25) is 5.91 Å². The molecule has 1 amide bonds. The van der Waals surface area contributed by atoms with Crippen LogP contribution in [0.1, 0.15) is 25.7 Å². The number of piperidine rings is 1. The Morgan fingerprint density at radius 2 is 2.00 bits per heavy atom. The second-order valence-electron chi connectivity index (χ2n) is 4.33. The van der Waals surface area contributed by atoms with Gasteiger partial charge in [-0.05, 0) is 45.7 Å². The number of carbonyl (C=O) groups excluding carboxylic acids is 1. The molecule has 2 aliphatic rings. The maximum Gasteiger partial charge on any atom is 0.239 e. The number of hydrogen-bond acceptors (Lipinski definition) is 2. The minimum absolute atomic E-state index is 0.174. The summed E-state index contributed by atoms with van der Waals surface area (Å²) in [6.45, 7) is 2.95. The number of hydrogen-bond donors (Lipinski definition) is 0. The molecule has 2 saturated heterocycles. The van der Waals surface area contributed by atoms with Gasteiger partial charge in [0.15, 0.2) is 0 Å². The standard InChI is InChI=1S/C11H19N2O/c1-12-7-5-6-10(12)11(14)13-8-3-2-4-9-13/h2,10H,3-9H2,1H3. The van der Waals surface area contributed by atoms with Crippen molar-refractivity contribution in [2.45, 2.75) is 31.7 Å². The Hall–Kier alpha value is -0.570. The van der Waals surface area contributed by atoms with Crippen molar-refractivity contribution < 1.29 is 4.79 Å². The zero-order chi connectivity index (χ0) is 9.97. The average Bonchev–Trinajstić information content (AvgIpc) is 2.65. The Labute approximate surface area is 86.1 Å². The Morgan fingerprint density at radius 1 is 1.29 bits per heavy atom. The van der Waals surface area contributed by atoms with E-state index in [0.29, 0.717) is 5.91 Å². The number of carbonyl (C=O) groups is 1. The Kier molecular flexibility index (Phi) is 3.06. The fraction of sp³-hybridized carbons (Fsp3) is 0.818. The first-order valence-electron chi connectivity index (χ1n) is 5.60. The van der Waals surface area contributed by atoms with E-state index in [2.05, 4.69) is 18.4 Å². The van der Waals surface area contributed by atoms with Gasteiger partial charge in [0.05, 0.1) is 6.04 Å². The Morgan fingerprint density at radius 3 is 2.57 bits per heavy atom. The molecule has 0 spiro atoms. The average molecular weight is 195 g/mol. The van der Waals surface area contributed by atoms with Gasteiger partial charge in [0.1, 0.15) is 0 Å². The van der Waals surface area contributed by atoms with E-state index in [1.54, 1.807) is 0 Å². The molecular weight excluding hydrogens is 176 g/mol. The lowest BCUT2D eigenvalue weighted by atomic mass is 10.1. The van der Waals surface area contributed by atoms with Crippen LogP contribution < -0.4 is 0 Å². The molecule has 2 fully saturated rings. The monoisotopic (exact) mass is 195 g/mol. The van der Waals surface area contributed by atoms with Crippen LogP contribution >= 0.6 is 0 Å². The first-order chi connectivity index (χ1) is 6.79. The molecule has 0 aromatic carbocycles. The predicted octanol–water partition coefficient (Wildman–Crippen LogP) is 0.907. The van der Waals surface area contributed by atoms with Gasteiger partial charge in [-0.3, -0.25) is 9.69 Å². The molecule has 2 heterocycles. The molecule has 0 bridgehead atoms. The fourth-order valence-electron chi connectivity index (χ4n) is 2.40. The van der Waals surface area contributed by atoms with Gasteiger partial charge >= 0.3 is 0 Å². The maximum absolute atomic E-state index is 12.1. The minimum Gasteiger partial charge on any atom is -0.341 e. The third-order valence-electron chi connectivity index (χ3n) is 3.32. The van der Waals surface area contributed by atoms with Crippen LogP contribution in [0.25, 0.3) is 0 Å². The SMILES string of the molecule is CN1CCCC1C(=O)N1CC[CH]CC1. The van der Waals surface area contributed by atoms with Gasteiger partial charge in [-0.2, -0.15) is 0 Å². The van der Waals surface area contributed by atoms with Crippen LogP contribution in [0.4, 0.5) is 0 Å². The van der Waals surface area contributed by atoms with E-state index >= 15 is 0 Å². The summed E-state index contributed by atoms with van der Waals surface area (Å²) in [4.78, 5) is 16.3. The smallest absolute Gasteiger partial charge is 0.239 e. The summed E-state index contributed by atoms with van der Waals surface area (Å²) in [5, 5.41) is 0. The van der Waals surface area contributed by atoms with Crippen molar-refractivity contribution in [3.05, 3.63) is 6.42 Å². The summed E-state index contributed by atoms with van der Waals surface area (Å²) in [6.07, 6.45) is 6.65. The fourth-order valence-corrected chi connectivity index (χ4v) is 2.40. The molecule has 14 heavy (non-hydrogen) atoms. The van der Waals surface area contributed by atoms with Crippen molar-refractivity contribution in [2.24, 2.45) is 0 Å². The highest BCUT2D eigenvalue weighted by Gasteiger charge is 2.31. The zero-order valence-electron chi connectivity index (χ0n) is 8.91. The van der Waals surface area contributed by atoms with E-state index in [-0.39, 0.29) is 6.04 Å². The van der Waals surface area contributed by atoms with Crippen molar-refractivity contribution in [2.75, 3.05) is 26.7 Å². The number of likely N-dealkylation sites (N-methyl/N-ethyl adjacent to an activating group) is 1. The number of nitrogens with zero attached hydrogens (tertiary/aromatic N) is 2. The topological polar surface area (TPSA) is 23.6 Å². The third-order valence-corrected chi connectivity index (χ3v) is 3.32. The highest BCUT2D eigenvalue weighted by atomic mass is 16.2. The molecule has 2 rings (SSSR count). The predicted molar refractivity (Wildman–Crippen MR) is 55.8 cm³/mol. The maximum atomic E-state index is 12.1. The molecule has 1 radical (unpaired) electrons. The summed E-state index contributed by atoms with van der Waals surface area (Å²) < 4.78 is 0. The molecule has 3 heteroatoms. The van der Waals surface area contributed by atoms with Crippen LogP contribution in [-0.4, -0.2) is 48.4 Å². The zero-order valence-corrected chi connectivity index (χ0v) is 8.91. The van der Waals surface area contributed by atoms with E-state index in [1.165, 1.54) is 6.42 Å². The van der Waals surface area contributed by atoms with E-state index in [4.69, 9.17) is 0 Å². The van der Waals surface area contributed by atoms with Crippen LogP contribution in [0.5, 0.6) is 0 Å². The van der Waals surface area contributed by atoms with Gasteiger partial charge in [-0.25, -0.2) is 0 Å². The molecule has 0 aromatic rings. The molecule has 0 aliphatic carbocycles. The van der Waals surface area contributed by atoms with Crippen molar-refractivity contribution in [3.63, 3.8) is 0 Å². The van der Waals surface area contributed by atoms with Crippen molar-refractivity contribution in [1.82, 2.24) is 9.80 Å². The van der Waals surface area contributed by atoms with Crippen LogP contribution in [0.2, 0.25) is 0 Å². The summed E-state index contributed by atoms with van der Waals surface area (Å²) in [7, 11) is 2.06. The molecule has 2 aliphatic heterocycles. The highest BCUT2D eigenvalue weighted by molar-refractivity contribution is 5.82. The van der Waals surface area contributed by atoms with Crippen LogP contribution in [0.15, 0.2) is 0 Å². The van der Waals surface area contributed by atoms with Gasteiger partial charge < -0.3 is 4.90 Å². The molecule has 79 valence electrons. The summed E-state index contributed by atoms with van der Waals surface area (Å²) in [6, 6.07) is 0.174. The van der Waals surface area contributed by atoms with Crippen molar-refractivity contribution in [1.29, 1.82) is 0 Å². The number of amides is 1. The lowest BCUT2D eigenvalue weighted by molar-refractivity contribution is -0.136. The lowest BCUT2D eigenvalue weighted by Gasteiger charge is -2.31. The molecule has 0 N–H and O–H groups in total. The first kappa shape index (κ1) is 9.97. The van der Waals surface area contributed by atoms with E-state index in [0.717, 1.165) is 38.9 Å². The van der Waals surface area contributed by atoms with Crippen LogP contribution in [-0.2, 0) is 4.79 Å². The lowest BCUT2D eigenvalue weighted by Crippen LogP contribution is -2.46. The number of rotatable bonds is 1.